The minimum atomic E-state index is -1.02. The van der Waals surface area contributed by atoms with Crippen LogP contribution in [0.3, 0.4) is 0 Å². The number of benzene rings is 1. The average molecular weight is 168 g/mol. The van der Waals surface area contributed by atoms with E-state index in [0.29, 0.717) is 19.3 Å². The standard InChI is InChI=1S/C10H10F2/c11-9-3-1-2-8(6-9)7-10(12)4-5-10/h1-3,6H,4-5,7H2. The Balaban J connectivity index is 2.12. The topological polar surface area (TPSA) is 0 Å². The van der Waals surface area contributed by atoms with E-state index in [1.165, 1.54) is 12.1 Å². The molecule has 0 saturated heterocycles. The van der Waals surface area contributed by atoms with Crippen molar-refractivity contribution in [1.29, 1.82) is 0 Å². The van der Waals surface area contributed by atoms with E-state index >= 15 is 0 Å². The van der Waals surface area contributed by atoms with Gasteiger partial charge in [0.2, 0.25) is 0 Å². The highest BCUT2D eigenvalue weighted by Crippen LogP contribution is 2.42. The van der Waals surface area contributed by atoms with Crippen molar-refractivity contribution in [2.75, 3.05) is 0 Å². The molecule has 2 heteroatoms. The number of alkyl halides is 1. The monoisotopic (exact) mass is 168 g/mol. The Hall–Kier alpha value is -0.920. The number of hydrogen-bond acceptors (Lipinski definition) is 0. The lowest BCUT2D eigenvalue weighted by Gasteiger charge is -2.03. The second-order valence-corrected chi connectivity index (χ2v) is 3.46. The fraction of sp³-hybridized carbons (Fsp3) is 0.400. The normalized spacial score (nSPS) is 19.2. The zero-order valence-corrected chi connectivity index (χ0v) is 6.69. The third kappa shape index (κ3) is 1.63. The predicted molar refractivity (Wildman–Crippen MR) is 43.2 cm³/mol. The van der Waals surface area contributed by atoms with Gasteiger partial charge in [-0.05, 0) is 30.5 Å². The first-order valence-electron chi connectivity index (χ1n) is 4.11. The van der Waals surface area contributed by atoms with Gasteiger partial charge in [0.05, 0.1) is 0 Å². The van der Waals surface area contributed by atoms with Crippen LogP contribution in [0.1, 0.15) is 18.4 Å². The Bertz CT molecular complexity index is 290. The summed E-state index contributed by atoms with van der Waals surface area (Å²) >= 11 is 0. The summed E-state index contributed by atoms with van der Waals surface area (Å²) in [5.74, 6) is -0.281. The maximum atomic E-state index is 13.2. The van der Waals surface area contributed by atoms with Crippen LogP contribution < -0.4 is 0 Å². The van der Waals surface area contributed by atoms with Gasteiger partial charge < -0.3 is 0 Å². The second-order valence-electron chi connectivity index (χ2n) is 3.46. The summed E-state index contributed by atoms with van der Waals surface area (Å²) in [6, 6.07) is 6.17. The largest absolute Gasteiger partial charge is 0.244 e. The van der Waals surface area contributed by atoms with Crippen LogP contribution in [-0.4, -0.2) is 5.67 Å². The van der Waals surface area contributed by atoms with Crippen molar-refractivity contribution in [2.24, 2.45) is 0 Å². The first kappa shape index (κ1) is 7.71. The SMILES string of the molecule is Fc1cccc(CC2(F)CC2)c1. The zero-order valence-electron chi connectivity index (χ0n) is 6.69. The molecule has 0 aliphatic heterocycles. The van der Waals surface area contributed by atoms with Gasteiger partial charge in [-0.1, -0.05) is 12.1 Å². The van der Waals surface area contributed by atoms with Crippen molar-refractivity contribution in [3.8, 4) is 0 Å². The van der Waals surface area contributed by atoms with Gasteiger partial charge in [-0.3, -0.25) is 0 Å². The van der Waals surface area contributed by atoms with E-state index in [2.05, 4.69) is 0 Å². The minimum absolute atomic E-state index is 0.281. The molecule has 0 aromatic heterocycles. The maximum Gasteiger partial charge on any atom is 0.123 e. The Labute approximate surface area is 70.2 Å². The van der Waals surface area contributed by atoms with E-state index in [1.54, 1.807) is 12.1 Å². The number of rotatable bonds is 2. The molecule has 0 bridgehead atoms. The summed E-state index contributed by atoms with van der Waals surface area (Å²) in [5.41, 5.74) is -0.261. The molecule has 0 atom stereocenters. The van der Waals surface area contributed by atoms with Gasteiger partial charge in [0.1, 0.15) is 11.5 Å². The van der Waals surface area contributed by atoms with Gasteiger partial charge >= 0.3 is 0 Å². The molecule has 1 saturated carbocycles. The first-order chi connectivity index (χ1) is 5.68. The van der Waals surface area contributed by atoms with Crippen LogP contribution in [0, 0.1) is 5.82 Å². The van der Waals surface area contributed by atoms with Gasteiger partial charge in [0, 0.05) is 6.42 Å². The van der Waals surface area contributed by atoms with Gasteiger partial charge in [-0.25, -0.2) is 8.78 Å². The third-order valence-electron chi connectivity index (χ3n) is 2.20. The van der Waals surface area contributed by atoms with Crippen LogP contribution in [0.2, 0.25) is 0 Å². The molecule has 0 heterocycles. The Morgan fingerprint density at radius 2 is 2.08 bits per heavy atom. The van der Waals surface area contributed by atoms with Crippen LogP contribution in [0.25, 0.3) is 0 Å². The van der Waals surface area contributed by atoms with E-state index in [-0.39, 0.29) is 5.82 Å². The molecule has 0 radical (unpaired) electrons. The molecule has 1 aromatic rings. The van der Waals surface area contributed by atoms with E-state index in [0.717, 1.165) is 5.56 Å². The van der Waals surface area contributed by atoms with Gasteiger partial charge in [-0.2, -0.15) is 0 Å². The van der Waals surface area contributed by atoms with Gasteiger partial charge in [0.15, 0.2) is 0 Å². The van der Waals surface area contributed by atoms with Crippen LogP contribution in [-0.2, 0) is 6.42 Å². The van der Waals surface area contributed by atoms with Crippen molar-refractivity contribution in [2.45, 2.75) is 24.9 Å². The highest BCUT2D eigenvalue weighted by molar-refractivity contribution is 5.20. The molecule has 0 nitrogen and oxygen atoms in total. The highest BCUT2D eigenvalue weighted by atomic mass is 19.1. The fourth-order valence-corrected chi connectivity index (χ4v) is 1.33. The lowest BCUT2D eigenvalue weighted by molar-refractivity contribution is 0.307. The van der Waals surface area contributed by atoms with Crippen LogP contribution in [0.5, 0.6) is 0 Å². The third-order valence-corrected chi connectivity index (χ3v) is 2.20. The molecular weight excluding hydrogens is 158 g/mol. The molecule has 2 rings (SSSR count). The fourth-order valence-electron chi connectivity index (χ4n) is 1.33. The molecule has 12 heavy (non-hydrogen) atoms. The summed E-state index contributed by atoms with van der Waals surface area (Å²) in [5, 5.41) is 0. The molecular formula is C10H10F2. The highest BCUT2D eigenvalue weighted by Gasteiger charge is 2.42. The number of hydrogen-bond donors (Lipinski definition) is 0. The summed E-state index contributed by atoms with van der Waals surface area (Å²) in [4.78, 5) is 0. The molecule has 1 aliphatic carbocycles. The van der Waals surface area contributed by atoms with Gasteiger partial charge in [0.25, 0.3) is 0 Å². The van der Waals surface area contributed by atoms with Crippen molar-refractivity contribution in [1.82, 2.24) is 0 Å². The van der Waals surface area contributed by atoms with E-state index < -0.39 is 5.67 Å². The van der Waals surface area contributed by atoms with Crippen molar-refractivity contribution in [3.63, 3.8) is 0 Å². The quantitative estimate of drug-likeness (QED) is 0.637. The number of halogens is 2. The molecule has 1 aromatic carbocycles. The van der Waals surface area contributed by atoms with Crippen molar-refractivity contribution < 1.29 is 8.78 Å². The van der Waals surface area contributed by atoms with Crippen LogP contribution >= 0.6 is 0 Å². The molecule has 0 amide bonds. The molecule has 0 spiro atoms. The Morgan fingerprint density at radius 3 is 2.67 bits per heavy atom. The summed E-state index contributed by atoms with van der Waals surface area (Å²) < 4.78 is 25.8. The molecule has 1 fully saturated rings. The predicted octanol–water partition coefficient (Wildman–Crippen LogP) is 2.87. The first-order valence-corrected chi connectivity index (χ1v) is 4.11. The average Bonchev–Trinajstić information content (AvgIpc) is 2.67. The van der Waals surface area contributed by atoms with Crippen molar-refractivity contribution in [3.05, 3.63) is 35.6 Å². The van der Waals surface area contributed by atoms with Crippen LogP contribution in [0.15, 0.2) is 24.3 Å². The molecule has 0 unspecified atom stereocenters. The summed E-state index contributed by atoms with van der Waals surface area (Å²) in [7, 11) is 0. The summed E-state index contributed by atoms with van der Waals surface area (Å²) in [6.07, 6.45) is 1.62. The lowest BCUT2D eigenvalue weighted by Crippen LogP contribution is -2.04. The minimum Gasteiger partial charge on any atom is -0.244 e. The zero-order chi connectivity index (χ0) is 8.60. The summed E-state index contributed by atoms with van der Waals surface area (Å²) in [6.45, 7) is 0. The van der Waals surface area contributed by atoms with E-state index in [4.69, 9.17) is 0 Å². The van der Waals surface area contributed by atoms with Crippen molar-refractivity contribution >= 4 is 0 Å². The van der Waals surface area contributed by atoms with Crippen LogP contribution in [0.4, 0.5) is 8.78 Å². The molecule has 1 aliphatic rings. The van der Waals surface area contributed by atoms with Gasteiger partial charge in [-0.15, -0.1) is 0 Å². The molecule has 0 N–H and O–H groups in total. The second kappa shape index (κ2) is 2.54. The van der Waals surface area contributed by atoms with E-state index in [1.807, 2.05) is 0 Å². The Kier molecular flexibility index (Phi) is 1.63. The molecule has 64 valence electrons. The Morgan fingerprint density at radius 1 is 1.33 bits per heavy atom. The smallest absolute Gasteiger partial charge is 0.123 e. The maximum absolute atomic E-state index is 13.2. The lowest BCUT2D eigenvalue weighted by atomic mass is 10.1. The van der Waals surface area contributed by atoms with E-state index in [9.17, 15) is 8.78 Å².